The van der Waals surface area contributed by atoms with Gasteiger partial charge >= 0.3 is 0 Å². The third kappa shape index (κ3) is 2.44. The summed E-state index contributed by atoms with van der Waals surface area (Å²) < 4.78 is 5.68. The van der Waals surface area contributed by atoms with Crippen LogP contribution in [0.2, 0.25) is 0 Å². The standard InChI is InChI=1S/C11H20O2/c12-11-6-1-3-9(11)7-8-13-10-4-2-5-10/h9-12H,1-8H2. The average Bonchev–Trinajstić information content (AvgIpc) is 2.42. The molecule has 0 spiro atoms. The van der Waals surface area contributed by atoms with E-state index in [4.69, 9.17) is 4.74 Å². The van der Waals surface area contributed by atoms with Gasteiger partial charge in [-0.2, -0.15) is 0 Å². The lowest BCUT2D eigenvalue weighted by molar-refractivity contribution is -0.0101. The summed E-state index contributed by atoms with van der Waals surface area (Å²) in [5.74, 6) is 0.528. The Kier molecular flexibility index (Phi) is 3.23. The van der Waals surface area contributed by atoms with Gasteiger partial charge in [-0.15, -0.1) is 0 Å². The first kappa shape index (κ1) is 9.47. The van der Waals surface area contributed by atoms with E-state index in [1.54, 1.807) is 0 Å². The SMILES string of the molecule is OC1CCCC1CCOC1CCC1. The summed E-state index contributed by atoms with van der Waals surface area (Å²) in [6.07, 6.45) is 8.86. The molecule has 2 heteroatoms. The molecule has 0 radical (unpaired) electrons. The smallest absolute Gasteiger partial charge is 0.0575 e. The van der Waals surface area contributed by atoms with Gasteiger partial charge in [-0.05, 0) is 44.4 Å². The number of aliphatic hydroxyl groups excluding tert-OH is 1. The molecule has 2 atom stereocenters. The molecule has 0 aromatic carbocycles. The van der Waals surface area contributed by atoms with Crippen molar-refractivity contribution in [3.05, 3.63) is 0 Å². The van der Waals surface area contributed by atoms with Crippen molar-refractivity contribution in [2.24, 2.45) is 5.92 Å². The number of aliphatic hydroxyl groups is 1. The monoisotopic (exact) mass is 184 g/mol. The average molecular weight is 184 g/mol. The number of hydrogen-bond acceptors (Lipinski definition) is 2. The van der Waals surface area contributed by atoms with E-state index < -0.39 is 0 Å². The highest BCUT2D eigenvalue weighted by molar-refractivity contribution is 4.77. The summed E-state index contributed by atoms with van der Waals surface area (Å²) in [6, 6.07) is 0. The lowest BCUT2D eigenvalue weighted by atomic mass is 9.96. The molecule has 2 rings (SSSR count). The summed E-state index contributed by atoms with van der Waals surface area (Å²) in [5, 5.41) is 9.57. The van der Waals surface area contributed by atoms with Gasteiger partial charge in [0.1, 0.15) is 0 Å². The Bertz CT molecular complexity index is 154. The van der Waals surface area contributed by atoms with E-state index in [1.807, 2.05) is 0 Å². The van der Waals surface area contributed by atoms with E-state index in [9.17, 15) is 5.11 Å². The fourth-order valence-electron chi connectivity index (χ4n) is 2.28. The third-order valence-corrected chi connectivity index (χ3v) is 3.51. The van der Waals surface area contributed by atoms with Crippen LogP contribution in [0.3, 0.4) is 0 Å². The lowest BCUT2D eigenvalue weighted by Crippen LogP contribution is -2.23. The summed E-state index contributed by atoms with van der Waals surface area (Å²) >= 11 is 0. The Morgan fingerprint density at radius 1 is 1.08 bits per heavy atom. The Morgan fingerprint density at radius 2 is 1.85 bits per heavy atom. The Hall–Kier alpha value is -0.0800. The van der Waals surface area contributed by atoms with Gasteiger partial charge in [-0.1, -0.05) is 6.42 Å². The first-order chi connectivity index (χ1) is 6.36. The molecule has 2 aliphatic rings. The highest BCUT2D eigenvalue weighted by atomic mass is 16.5. The van der Waals surface area contributed by atoms with Crippen LogP contribution in [-0.4, -0.2) is 23.9 Å². The van der Waals surface area contributed by atoms with Gasteiger partial charge in [0, 0.05) is 6.61 Å². The molecule has 13 heavy (non-hydrogen) atoms. The van der Waals surface area contributed by atoms with Gasteiger partial charge in [-0.25, -0.2) is 0 Å². The zero-order chi connectivity index (χ0) is 9.10. The lowest BCUT2D eigenvalue weighted by Gasteiger charge is -2.26. The highest BCUT2D eigenvalue weighted by Crippen LogP contribution is 2.29. The molecule has 0 bridgehead atoms. The van der Waals surface area contributed by atoms with Crippen molar-refractivity contribution in [3.63, 3.8) is 0 Å². The van der Waals surface area contributed by atoms with Crippen LogP contribution in [0.5, 0.6) is 0 Å². The van der Waals surface area contributed by atoms with E-state index >= 15 is 0 Å². The fourth-order valence-corrected chi connectivity index (χ4v) is 2.28. The van der Waals surface area contributed by atoms with Gasteiger partial charge < -0.3 is 9.84 Å². The fraction of sp³-hybridized carbons (Fsp3) is 1.00. The van der Waals surface area contributed by atoms with Gasteiger partial charge in [0.05, 0.1) is 12.2 Å². The van der Waals surface area contributed by atoms with Crippen molar-refractivity contribution in [1.82, 2.24) is 0 Å². The van der Waals surface area contributed by atoms with Gasteiger partial charge in [0.15, 0.2) is 0 Å². The van der Waals surface area contributed by atoms with Crippen LogP contribution in [0.1, 0.15) is 44.9 Å². The van der Waals surface area contributed by atoms with Crippen LogP contribution in [0, 0.1) is 5.92 Å². The second kappa shape index (κ2) is 4.43. The van der Waals surface area contributed by atoms with Crippen LogP contribution < -0.4 is 0 Å². The molecule has 2 fully saturated rings. The van der Waals surface area contributed by atoms with Crippen LogP contribution in [0.25, 0.3) is 0 Å². The van der Waals surface area contributed by atoms with E-state index in [2.05, 4.69) is 0 Å². The molecular formula is C11H20O2. The van der Waals surface area contributed by atoms with Crippen molar-refractivity contribution >= 4 is 0 Å². The van der Waals surface area contributed by atoms with E-state index in [0.717, 1.165) is 19.4 Å². The molecule has 0 amide bonds. The molecule has 0 saturated heterocycles. The first-order valence-electron chi connectivity index (χ1n) is 5.66. The Labute approximate surface area is 80.3 Å². The van der Waals surface area contributed by atoms with Crippen molar-refractivity contribution in [3.8, 4) is 0 Å². The second-order valence-electron chi connectivity index (χ2n) is 4.47. The normalized spacial score (nSPS) is 34.8. The molecule has 2 nitrogen and oxygen atoms in total. The van der Waals surface area contributed by atoms with Crippen molar-refractivity contribution in [2.45, 2.75) is 57.2 Å². The molecule has 2 saturated carbocycles. The van der Waals surface area contributed by atoms with E-state index in [0.29, 0.717) is 12.0 Å². The molecule has 76 valence electrons. The molecule has 0 heterocycles. The van der Waals surface area contributed by atoms with Crippen LogP contribution >= 0.6 is 0 Å². The Morgan fingerprint density at radius 3 is 2.38 bits per heavy atom. The second-order valence-corrected chi connectivity index (χ2v) is 4.47. The summed E-state index contributed by atoms with van der Waals surface area (Å²) in [6.45, 7) is 0.867. The maximum Gasteiger partial charge on any atom is 0.0575 e. The van der Waals surface area contributed by atoms with Gasteiger partial charge in [-0.3, -0.25) is 0 Å². The number of rotatable bonds is 4. The van der Waals surface area contributed by atoms with Gasteiger partial charge in [0.25, 0.3) is 0 Å². The van der Waals surface area contributed by atoms with Crippen LogP contribution in [-0.2, 0) is 4.74 Å². The third-order valence-electron chi connectivity index (χ3n) is 3.51. The van der Waals surface area contributed by atoms with Crippen molar-refractivity contribution in [1.29, 1.82) is 0 Å². The molecule has 0 aromatic rings. The van der Waals surface area contributed by atoms with E-state index in [1.165, 1.54) is 32.1 Å². The molecule has 1 N–H and O–H groups in total. The van der Waals surface area contributed by atoms with Crippen LogP contribution in [0.4, 0.5) is 0 Å². The highest BCUT2D eigenvalue weighted by Gasteiger charge is 2.25. The predicted octanol–water partition coefficient (Wildman–Crippen LogP) is 2.11. The van der Waals surface area contributed by atoms with E-state index in [-0.39, 0.29) is 6.10 Å². The summed E-state index contributed by atoms with van der Waals surface area (Å²) in [5.41, 5.74) is 0. The van der Waals surface area contributed by atoms with Crippen LogP contribution in [0.15, 0.2) is 0 Å². The molecule has 0 aromatic heterocycles. The Balaban J connectivity index is 1.56. The quantitative estimate of drug-likeness (QED) is 0.725. The largest absolute Gasteiger partial charge is 0.393 e. The van der Waals surface area contributed by atoms with Gasteiger partial charge in [0.2, 0.25) is 0 Å². The number of hydrogen-bond donors (Lipinski definition) is 1. The summed E-state index contributed by atoms with van der Waals surface area (Å²) in [4.78, 5) is 0. The maximum absolute atomic E-state index is 9.57. The maximum atomic E-state index is 9.57. The minimum Gasteiger partial charge on any atom is -0.393 e. The number of ether oxygens (including phenoxy) is 1. The molecule has 2 aliphatic carbocycles. The topological polar surface area (TPSA) is 29.5 Å². The first-order valence-corrected chi connectivity index (χ1v) is 5.66. The van der Waals surface area contributed by atoms with Crippen molar-refractivity contribution in [2.75, 3.05) is 6.61 Å². The zero-order valence-electron chi connectivity index (χ0n) is 8.24. The minimum absolute atomic E-state index is 0.0370. The predicted molar refractivity (Wildman–Crippen MR) is 51.6 cm³/mol. The minimum atomic E-state index is -0.0370. The van der Waals surface area contributed by atoms with Crippen molar-refractivity contribution < 1.29 is 9.84 Å². The molecule has 2 unspecified atom stereocenters. The molecule has 0 aliphatic heterocycles. The zero-order valence-corrected chi connectivity index (χ0v) is 8.24. The molecular weight excluding hydrogens is 164 g/mol. The summed E-state index contributed by atoms with van der Waals surface area (Å²) in [7, 11) is 0.